The molecule has 1 amide bonds. The molecule has 0 spiro atoms. The molecule has 192 valence electrons. The van der Waals surface area contributed by atoms with Crippen molar-refractivity contribution < 1.29 is 22.7 Å². The van der Waals surface area contributed by atoms with E-state index in [2.05, 4.69) is 15.6 Å². The number of nitrogens with one attached hydrogen (secondary N) is 2. The third kappa shape index (κ3) is 4.40. The van der Waals surface area contributed by atoms with Gasteiger partial charge in [0.25, 0.3) is 11.5 Å². The van der Waals surface area contributed by atoms with E-state index in [4.69, 9.17) is 16.3 Å². The number of halogens is 4. The number of rotatable bonds is 3. The number of aromatic nitrogens is 2. The van der Waals surface area contributed by atoms with Crippen LogP contribution in [0.25, 0.3) is 10.9 Å². The number of carbonyl (C=O) groups is 1. The summed E-state index contributed by atoms with van der Waals surface area (Å²) in [6.07, 6.45) is -3.66. The molecule has 1 aromatic carbocycles. The standard InChI is InChI=1S/C24H20ClF3N6O3/c1-33-18-4-3-13(7-14(18)19-20(23(33)36)37-6-2-5-30-19)31-16-8-17(32-21(25)15(16)9-29)22(35)34-10-12(11-34)24(26,27)28/h3-4,7-8,12,30H,2,5-6,10-11H2,1H3,(H,31,32). The number of nitrogens with zero attached hydrogens (tertiary/aromatic N) is 4. The number of amides is 1. The maximum Gasteiger partial charge on any atom is 0.395 e. The lowest BCUT2D eigenvalue weighted by molar-refractivity contribution is -0.202. The van der Waals surface area contributed by atoms with Crippen molar-refractivity contribution in [1.29, 1.82) is 5.26 Å². The topological polar surface area (TPSA) is 112 Å². The van der Waals surface area contributed by atoms with Crippen LogP contribution < -0.4 is 20.9 Å². The lowest BCUT2D eigenvalue weighted by Crippen LogP contribution is -2.55. The van der Waals surface area contributed by atoms with Crippen LogP contribution in [-0.4, -0.2) is 52.8 Å². The first-order valence-corrected chi connectivity index (χ1v) is 11.7. The van der Waals surface area contributed by atoms with Gasteiger partial charge in [0.05, 0.1) is 29.4 Å². The van der Waals surface area contributed by atoms with Crippen molar-refractivity contribution >= 4 is 45.5 Å². The van der Waals surface area contributed by atoms with Crippen molar-refractivity contribution in [2.45, 2.75) is 12.6 Å². The maximum atomic E-state index is 12.8. The van der Waals surface area contributed by atoms with E-state index >= 15 is 0 Å². The molecule has 3 aromatic rings. The van der Waals surface area contributed by atoms with Gasteiger partial charge < -0.3 is 24.8 Å². The molecule has 13 heteroatoms. The highest BCUT2D eigenvalue weighted by Crippen LogP contribution is 2.36. The van der Waals surface area contributed by atoms with Crippen LogP contribution in [0, 0.1) is 17.2 Å². The highest BCUT2D eigenvalue weighted by molar-refractivity contribution is 6.31. The first kappa shape index (κ1) is 24.7. The van der Waals surface area contributed by atoms with Crippen molar-refractivity contribution in [3.63, 3.8) is 0 Å². The second-order valence-corrected chi connectivity index (χ2v) is 9.19. The van der Waals surface area contributed by atoms with Gasteiger partial charge in [-0.1, -0.05) is 11.6 Å². The van der Waals surface area contributed by atoms with Gasteiger partial charge in [-0.15, -0.1) is 0 Å². The van der Waals surface area contributed by atoms with E-state index in [0.717, 1.165) is 11.3 Å². The summed E-state index contributed by atoms with van der Waals surface area (Å²) in [6, 6.07) is 8.40. The second kappa shape index (κ2) is 9.15. The van der Waals surface area contributed by atoms with Gasteiger partial charge in [0.15, 0.2) is 0 Å². The summed E-state index contributed by atoms with van der Waals surface area (Å²) in [5, 5.41) is 16.4. The number of hydrogen-bond donors (Lipinski definition) is 2. The molecule has 37 heavy (non-hydrogen) atoms. The number of fused-ring (bicyclic) bond motifs is 3. The predicted octanol–water partition coefficient (Wildman–Crippen LogP) is 4.03. The zero-order valence-electron chi connectivity index (χ0n) is 19.4. The van der Waals surface area contributed by atoms with Crippen LogP contribution in [0.1, 0.15) is 22.5 Å². The normalized spacial score (nSPS) is 15.6. The monoisotopic (exact) mass is 532 g/mol. The number of carbonyl (C=O) groups excluding carboxylic acids is 1. The number of nitriles is 1. The largest absolute Gasteiger partial charge is 0.486 e. The summed E-state index contributed by atoms with van der Waals surface area (Å²) in [5.41, 5.74) is 1.40. The lowest BCUT2D eigenvalue weighted by Gasteiger charge is -2.39. The first-order chi connectivity index (χ1) is 17.6. The van der Waals surface area contributed by atoms with Gasteiger partial charge in [-0.25, -0.2) is 4.98 Å². The van der Waals surface area contributed by atoms with E-state index in [-0.39, 0.29) is 33.4 Å². The number of alkyl halides is 3. The van der Waals surface area contributed by atoms with Gasteiger partial charge in [0.2, 0.25) is 5.75 Å². The molecule has 2 aliphatic rings. The van der Waals surface area contributed by atoms with E-state index in [1.54, 1.807) is 25.2 Å². The van der Waals surface area contributed by atoms with Crippen LogP contribution in [0.5, 0.6) is 5.75 Å². The molecular formula is C24H20ClF3N6O3. The quantitative estimate of drug-likeness (QED) is 0.490. The molecule has 2 aliphatic heterocycles. The Morgan fingerprint density at radius 3 is 2.78 bits per heavy atom. The third-order valence-electron chi connectivity index (χ3n) is 6.44. The summed E-state index contributed by atoms with van der Waals surface area (Å²) in [4.78, 5) is 30.5. The molecule has 0 unspecified atom stereocenters. The average molecular weight is 533 g/mol. The Kier molecular flexibility index (Phi) is 6.11. The summed E-state index contributed by atoms with van der Waals surface area (Å²) >= 11 is 6.17. The summed E-state index contributed by atoms with van der Waals surface area (Å²) < 4.78 is 45.7. The van der Waals surface area contributed by atoms with Crippen LogP contribution in [0.4, 0.5) is 30.2 Å². The van der Waals surface area contributed by atoms with E-state index in [1.807, 2.05) is 6.07 Å². The Morgan fingerprint density at radius 2 is 2.08 bits per heavy atom. The number of ether oxygens (including phenoxy) is 1. The fourth-order valence-electron chi connectivity index (χ4n) is 4.36. The Morgan fingerprint density at radius 1 is 1.32 bits per heavy atom. The molecule has 0 saturated carbocycles. The predicted molar refractivity (Wildman–Crippen MR) is 130 cm³/mol. The van der Waals surface area contributed by atoms with Gasteiger partial charge in [0.1, 0.15) is 22.5 Å². The Bertz CT molecular complexity index is 1530. The van der Waals surface area contributed by atoms with Gasteiger partial charge in [-0.2, -0.15) is 18.4 Å². The fraction of sp³-hybridized carbons (Fsp3) is 0.333. The second-order valence-electron chi connectivity index (χ2n) is 8.84. The maximum absolute atomic E-state index is 12.8. The molecule has 1 fully saturated rings. The van der Waals surface area contributed by atoms with Crippen molar-refractivity contribution in [2.24, 2.45) is 13.0 Å². The number of likely N-dealkylation sites (tertiary alicyclic amines) is 1. The molecular weight excluding hydrogens is 513 g/mol. The SMILES string of the molecule is Cn1c(=O)c2c(c3cc(Nc4cc(C(=O)N5CC(C(F)(F)F)C5)nc(Cl)c4C#N)ccc31)NCCCO2. The molecule has 2 aromatic heterocycles. The Hall–Kier alpha value is -3.98. The first-order valence-electron chi connectivity index (χ1n) is 11.4. The number of hydrogen-bond acceptors (Lipinski definition) is 7. The number of anilines is 3. The van der Waals surface area contributed by atoms with Gasteiger partial charge in [-0.3, -0.25) is 9.59 Å². The summed E-state index contributed by atoms with van der Waals surface area (Å²) in [5.74, 6) is -2.08. The minimum atomic E-state index is -4.38. The molecule has 2 N–H and O–H groups in total. The van der Waals surface area contributed by atoms with Crippen LogP contribution in [0.2, 0.25) is 5.15 Å². The van der Waals surface area contributed by atoms with Gasteiger partial charge in [0, 0.05) is 37.8 Å². The van der Waals surface area contributed by atoms with E-state index in [0.29, 0.717) is 35.4 Å². The van der Waals surface area contributed by atoms with Crippen molar-refractivity contribution in [2.75, 3.05) is 36.9 Å². The molecule has 1 saturated heterocycles. The number of benzene rings is 1. The van der Waals surface area contributed by atoms with Gasteiger partial charge >= 0.3 is 6.18 Å². The highest BCUT2D eigenvalue weighted by atomic mass is 35.5. The van der Waals surface area contributed by atoms with E-state index < -0.39 is 31.1 Å². The van der Waals surface area contributed by atoms with E-state index in [9.17, 15) is 28.0 Å². The molecule has 5 rings (SSSR count). The zero-order valence-corrected chi connectivity index (χ0v) is 20.2. The summed E-state index contributed by atoms with van der Waals surface area (Å²) in [7, 11) is 1.64. The third-order valence-corrected chi connectivity index (χ3v) is 6.71. The van der Waals surface area contributed by atoms with Crippen LogP contribution in [0.3, 0.4) is 0 Å². The van der Waals surface area contributed by atoms with Crippen molar-refractivity contribution in [3.8, 4) is 11.8 Å². The fourth-order valence-corrected chi connectivity index (χ4v) is 4.60. The van der Waals surface area contributed by atoms with E-state index in [1.165, 1.54) is 10.6 Å². The average Bonchev–Trinajstić information content (AvgIpc) is 3.07. The molecule has 0 aliphatic carbocycles. The van der Waals surface area contributed by atoms with Gasteiger partial charge in [-0.05, 0) is 30.7 Å². The smallest absolute Gasteiger partial charge is 0.395 e. The molecule has 0 atom stereocenters. The summed E-state index contributed by atoms with van der Waals surface area (Å²) in [6.45, 7) is 0.0852. The van der Waals surface area contributed by atoms with Crippen LogP contribution in [-0.2, 0) is 7.05 Å². The zero-order chi connectivity index (χ0) is 26.5. The minimum absolute atomic E-state index is 0.0316. The van der Waals surface area contributed by atoms with Crippen molar-refractivity contribution in [1.82, 2.24) is 14.5 Å². The number of aryl methyl sites for hydroxylation is 1. The lowest BCUT2D eigenvalue weighted by atomic mass is 9.99. The molecule has 0 bridgehead atoms. The minimum Gasteiger partial charge on any atom is -0.486 e. The molecule has 0 radical (unpaired) electrons. The number of pyridine rings is 2. The molecule has 9 nitrogen and oxygen atoms in total. The van der Waals surface area contributed by atoms with Crippen LogP contribution >= 0.6 is 11.6 Å². The van der Waals surface area contributed by atoms with Crippen LogP contribution in [0.15, 0.2) is 29.1 Å². The van der Waals surface area contributed by atoms with Crippen molar-refractivity contribution in [3.05, 3.63) is 51.0 Å². The molecule has 4 heterocycles. The highest BCUT2D eigenvalue weighted by Gasteiger charge is 2.49. The Balaban J connectivity index is 1.51. The Labute approximate surface area is 213 Å².